The van der Waals surface area contributed by atoms with Crippen LogP contribution >= 0.6 is 0 Å². The summed E-state index contributed by atoms with van der Waals surface area (Å²) in [6.45, 7) is 4.97. The maximum atomic E-state index is 12.5. The predicted molar refractivity (Wildman–Crippen MR) is 347 cm³/mol. The molecule has 1 amide bonds. The van der Waals surface area contributed by atoms with Gasteiger partial charge < -0.3 is 20.3 Å². The molecule has 468 valence electrons. The maximum absolute atomic E-state index is 12.5. The summed E-state index contributed by atoms with van der Waals surface area (Å²) in [7, 11) is 0. The first kappa shape index (κ1) is 77.3. The van der Waals surface area contributed by atoms with Crippen LogP contribution < -0.4 is 5.32 Å². The molecule has 2 atom stereocenters. The van der Waals surface area contributed by atoms with Crippen LogP contribution in [0.25, 0.3) is 0 Å². The van der Waals surface area contributed by atoms with Crippen molar-refractivity contribution in [2.24, 2.45) is 0 Å². The lowest BCUT2D eigenvalue weighted by molar-refractivity contribution is -0.143. The number of ether oxygens (including phenoxy) is 1. The van der Waals surface area contributed by atoms with Gasteiger partial charge in [-0.3, -0.25) is 9.59 Å². The van der Waals surface area contributed by atoms with Crippen molar-refractivity contribution in [3.05, 3.63) is 24.3 Å². The zero-order valence-corrected chi connectivity index (χ0v) is 53.6. The van der Waals surface area contributed by atoms with Gasteiger partial charge in [0.2, 0.25) is 5.91 Å². The number of nitrogens with one attached hydrogen (secondary N) is 1. The highest BCUT2D eigenvalue weighted by Gasteiger charge is 2.20. The molecule has 79 heavy (non-hydrogen) atoms. The van der Waals surface area contributed by atoms with Crippen LogP contribution in [0.1, 0.15) is 406 Å². The van der Waals surface area contributed by atoms with Crippen LogP contribution in [0.4, 0.5) is 0 Å². The minimum atomic E-state index is -0.660. The molecular weight excluding hydrogens is 971 g/mol. The van der Waals surface area contributed by atoms with Gasteiger partial charge >= 0.3 is 5.97 Å². The number of esters is 1. The lowest BCUT2D eigenvalue weighted by Gasteiger charge is -2.22. The maximum Gasteiger partial charge on any atom is 0.305 e. The fourth-order valence-electron chi connectivity index (χ4n) is 11.5. The summed E-state index contributed by atoms with van der Waals surface area (Å²) < 4.78 is 5.49. The number of hydrogen-bond donors (Lipinski definition) is 3. The molecule has 0 aliphatic carbocycles. The normalized spacial score (nSPS) is 12.6. The molecule has 0 aliphatic rings. The molecule has 2 unspecified atom stereocenters. The highest BCUT2D eigenvalue weighted by Crippen LogP contribution is 2.19. The molecule has 0 aliphatic heterocycles. The van der Waals surface area contributed by atoms with E-state index in [2.05, 4.69) is 43.5 Å². The van der Waals surface area contributed by atoms with E-state index in [0.29, 0.717) is 25.9 Å². The Bertz CT molecular complexity index is 1230. The second-order valence-electron chi connectivity index (χ2n) is 24.9. The van der Waals surface area contributed by atoms with Crippen molar-refractivity contribution in [2.75, 3.05) is 13.2 Å². The van der Waals surface area contributed by atoms with Crippen molar-refractivity contribution in [3.8, 4) is 0 Å². The highest BCUT2D eigenvalue weighted by molar-refractivity contribution is 5.76. The Kier molecular flexibility index (Phi) is 67.4. The first-order valence-electron chi connectivity index (χ1n) is 36.1. The minimum Gasteiger partial charge on any atom is -0.466 e. The van der Waals surface area contributed by atoms with Crippen LogP contribution in [0.3, 0.4) is 0 Å². The lowest BCUT2D eigenvalue weighted by atomic mass is 10.0. The quantitative estimate of drug-likeness (QED) is 0.0320. The lowest BCUT2D eigenvalue weighted by Crippen LogP contribution is -2.45. The van der Waals surface area contributed by atoms with Gasteiger partial charge in [-0.25, -0.2) is 0 Å². The van der Waals surface area contributed by atoms with Gasteiger partial charge in [0.25, 0.3) is 0 Å². The predicted octanol–water partition coefficient (Wildman–Crippen LogP) is 23.3. The molecule has 0 aromatic heterocycles. The SMILES string of the molecule is CCCCCCCC/C=C\CCCCCCCC(=O)OCCCCCCCCCCCCCCCC/C=C\CCCCCCCCCCCCCCCCCCCC(=O)NC(CO)C(O)CCCCCCCCCCCCCC. The van der Waals surface area contributed by atoms with E-state index >= 15 is 0 Å². The molecule has 0 aromatic carbocycles. The average Bonchev–Trinajstić information content (AvgIpc) is 3.45. The van der Waals surface area contributed by atoms with Crippen molar-refractivity contribution in [2.45, 2.75) is 418 Å². The molecular formula is C73H141NO5. The van der Waals surface area contributed by atoms with E-state index in [1.54, 1.807) is 0 Å². The van der Waals surface area contributed by atoms with Crippen LogP contribution in [0.15, 0.2) is 24.3 Å². The highest BCUT2D eigenvalue weighted by atomic mass is 16.5. The number of hydrogen-bond acceptors (Lipinski definition) is 5. The fraction of sp³-hybridized carbons (Fsp3) is 0.918. The van der Waals surface area contributed by atoms with Crippen molar-refractivity contribution in [3.63, 3.8) is 0 Å². The molecule has 0 heterocycles. The van der Waals surface area contributed by atoms with E-state index in [-0.39, 0.29) is 18.5 Å². The van der Waals surface area contributed by atoms with Crippen LogP contribution in [0.2, 0.25) is 0 Å². The molecule has 0 saturated heterocycles. The third kappa shape index (κ3) is 65.4. The Morgan fingerprint density at radius 3 is 0.899 bits per heavy atom. The number of rotatable bonds is 68. The molecule has 0 aromatic rings. The van der Waals surface area contributed by atoms with Crippen LogP contribution in [-0.4, -0.2) is 47.4 Å². The first-order chi connectivity index (χ1) is 39.0. The van der Waals surface area contributed by atoms with E-state index in [4.69, 9.17) is 4.74 Å². The molecule has 0 fully saturated rings. The minimum absolute atomic E-state index is 0.0128. The van der Waals surface area contributed by atoms with E-state index in [9.17, 15) is 19.8 Å². The van der Waals surface area contributed by atoms with Gasteiger partial charge in [-0.15, -0.1) is 0 Å². The molecule has 3 N–H and O–H groups in total. The number of aliphatic hydroxyl groups excluding tert-OH is 2. The Hall–Kier alpha value is -1.66. The zero-order chi connectivity index (χ0) is 57.1. The van der Waals surface area contributed by atoms with Gasteiger partial charge in [0.1, 0.15) is 0 Å². The van der Waals surface area contributed by atoms with Gasteiger partial charge in [0.15, 0.2) is 0 Å². The number of carbonyl (C=O) groups is 2. The number of amides is 1. The summed E-state index contributed by atoms with van der Waals surface area (Å²) in [6, 6.07) is -0.537. The van der Waals surface area contributed by atoms with E-state index in [1.165, 1.54) is 327 Å². The van der Waals surface area contributed by atoms with Gasteiger partial charge in [0.05, 0.1) is 25.4 Å². The Morgan fingerprint density at radius 2 is 0.595 bits per heavy atom. The fourth-order valence-corrected chi connectivity index (χ4v) is 11.5. The number of allylic oxidation sites excluding steroid dienone is 4. The van der Waals surface area contributed by atoms with Gasteiger partial charge in [0, 0.05) is 12.8 Å². The summed E-state index contributed by atoms with van der Waals surface area (Å²) in [5.41, 5.74) is 0. The van der Waals surface area contributed by atoms with Crippen molar-refractivity contribution < 1.29 is 24.5 Å². The standard InChI is InChI=1S/C73H141NO5/c1-3-5-7-9-11-13-15-17-39-43-47-51-55-59-63-67-73(78)79-68-64-60-56-52-48-44-41-38-36-34-32-30-28-26-24-22-20-18-19-21-23-25-27-29-31-33-35-37-40-42-46-50-54-58-62-66-72(77)74-70(69-75)71(76)65-61-57-53-49-45-16-14-12-10-8-6-4-2/h17,20,22,39,70-71,75-76H,3-16,18-19,21,23-38,40-69H2,1-2H3,(H,74,77)/b22-20-,39-17-. The first-order valence-corrected chi connectivity index (χ1v) is 36.1. The summed E-state index contributed by atoms with van der Waals surface area (Å²) in [5.74, 6) is -0.0170. The number of aliphatic hydroxyl groups is 2. The van der Waals surface area contributed by atoms with E-state index < -0.39 is 12.1 Å². The largest absolute Gasteiger partial charge is 0.466 e. The summed E-state index contributed by atoms with van der Waals surface area (Å²) in [6.07, 6.45) is 86.8. The Morgan fingerprint density at radius 1 is 0.342 bits per heavy atom. The van der Waals surface area contributed by atoms with Crippen molar-refractivity contribution in [1.82, 2.24) is 5.32 Å². The van der Waals surface area contributed by atoms with Crippen molar-refractivity contribution in [1.29, 1.82) is 0 Å². The van der Waals surface area contributed by atoms with Crippen molar-refractivity contribution >= 4 is 11.9 Å². The molecule has 6 heteroatoms. The van der Waals surface area contributed by atoms with Crippen LogP contribution in [0, 0.1) is 0 Å². The number of unbranched alkanes of at least 4 members (excludes halogenated alkanes) is 53. The monoisotopic (exact) mass is 1110 g/mol. The van der Waals surface area contributed by atoms with Gasteiger partial charge in [-0.2, -0.15) is 0 Å². The Labute approximate surface area is 494 Å². The second kappa shape index (κ2) is 68.8. The second-order valence-corrected chi connectivity index (χ2v) is 24.9. The Balaban J connectivity index is 3.32. The third-order valence-electron chi connectivity index (χ3n) is 17.0. The van der Waals surface area contributed by atoms with E-state index in [1.807, 2.05) is 0 Å². The molecule has 0 bridgehead atoms. The van der Waals surface area contributed by atoms with Gasteiger partial charge in [-0.1, -0.05) is 340 Å². The molecule has 0 rings (SSSR count). The third-order valence-corrected chi connectivity index (χ3v) is 17.0. The zero-order valence-electron chi connectivity index (χ0n) is 53.6. The summed E-state index contributed by atoms with van der Waals surface area (Å²) in [5, 5.41) is 23.3. The van der Waals surface area contributed by atoms with Gasteiger partial charge in [-0.05, 0) is 77.0 Å². The number of carbonyl (C=O) groups excluding carboxylic acids is 2. The van der Waals surface area contributed by atoms with Crippen LogP contribution in [-0.2, 0) is 14.3 Å². The molecule has 0 saturated carbocycles. The summed E-state index contributed by atoms with van der Waals surface area (Å²) in [4.78, 5) is 24.5. The average molecular weight is 1110 g/mol. The smallest absolute Gasteiger partial charge is 0.305 e. The van der Waals surface area contributed by atoms with Crippen LogP contribution in [0.5, 0.6) is 0 Å². The van der Waals surface area contributed by atoms with E-state index in [0.717, 1.165) is 44.9 Å². The molecule has 6 nitrogen and oxygen atoms in total. The molecule has 0 radical (unpaired) electrons. The molecule has 0 spiro atoms. The topological polar surface area (TPSA) is 95.9 Å². The summed E-state index contributed by atoms with van der Waals surface area (Å²) >= 11 is 0.